The average Bonchev–Trinajstić information content (AvgIpc) is 3.35. The van der Waals surface area contributed by atoms with E-state index in [-0.39, 0.29) is 11.4 Å². The van der Waals surface area contributed by atoms with E-state index in [1.54, 1.807) is 6.07 Å². The van der Waals surface area contributed by atoms with Gasteiger partial charge in [-0.3, -0.25) is 9.78 Å². The van der Waals surface area contributed by atoms with Crippen LogP contribution in [0.25, 0.3) is 16.8 Å². The summed E-state index contributed by atoms with van der Waals surface area (Å²) in [5, 5.41) is 0. The SMILES string of the molecule is CN1C(=O)c2cccn2-c2cc(-c3ccc(C(F)(F)F)nc3)ccc2C12CC2. The normalized spacial score (nSPS) is 17.3. The first-order chi connectivity index (χ1) is 13.3. The molecule has 1 aliphatic heterocycles. The summed E-state index contributed by atoms with van der Waals surface area (Å²) < 4.78 is 40.2. The van der Waals surface area contributed by atoms with E-state index in [2.05, 4.69) is 4.98 Å². The highest BCUT2D eigenvalue weighted by Crippen LogP contribution is 2.54. The van der Waals surface area contributed by atoms with Crippen LogP contribution in [0.4, 0.5) is 13.2 Å². The number of rotatable bonds is 1. The molecule has 2 aromatic heterocycles. The van der Waals surface area contributed by atoms with E-state index in [1.165, 1.54) is 12.3 Å². The van der Waals surface area contributed by atoms with Gasteiger partial charge in [0.2, 0.25) is 0 Å². The highest BCUT2D eigenvalue weighted by molar-refractivity contribution is 5.95. The van der Waals surface area contributed by atoms with Crippen molar-refractivity contribution in [3.8, 4) is 16.8 Å². The summed E-state index contributed by atoms with van der Waals surface area (Å²) in [4.78, 5) is 18.3. The number of pyridine rings is 1. The molecule has 3 heterocycles. The monoisotopic (exact) mass is 383 g/mol. The number of carbonyl (C=O) groups is 1. The number of alkyl halides is 3. The lowest BCUT2D eigenvalue weighted by atomic mass is 9.97. The minimum atomic E-state index is -4.46. The van der Waals surface area contributed by atoms with Gasteiger partial charge in [-0.1, -0.05) is 18.2 Å². The first kappa shape index (κ1) is 17.0. The molecule has 1 aromatic carbocycles. The van der Waals surface area contributed by atoms with Gasteiger partial charge in [0.05, 0.1) is 11.2 Å². The van der Waals surface area contributed by atoms with Crippen molar-refractivity contribution < 1.29 is 18.0 Å². The zero-order valence-corrected chi connectivity index (χ0v) is 15.0. The zero-order chi connectivity index (χ0) is 19.7. The molecule has 5 rings (SSSR count). The molecule has 1 amide bonds. The lowest BCUT2D eigenvalue weighted by molar-refractivity contribution is -0.141. The van der Waals surface area contributed by atoms with Crippen molar-refractivity contribution in [2.75, 3.05) is 7.05 Å². The second kappa shape index (κ2) is 5.47. The van der Waals surface area contributed by atoms with Crippen molar-refractivity contribution in [1.82, 2.24) is 14.5 Å². The molecule has 0 N–H and O–H groups in total. The minimum absolute atomic E-state index is 0.0311. The molecule has 4 nitrogen and oxygen atoms in total. The van der Waals surface area contributed by atoms with Crippen molar-refractivity contribution in [2.24, 2.45) is 0 Å². The maximum atomic E-state index is 12.9. The summed E-state index contributed by atoms with van der Waals surface area (Å²) in [7, 11) is 1.83. The van der Waals surface area contributed by atoms with Crippen LogP contribution in [0.15, 0.2) is 54.9 Å². The maximum Gasteiger partial charge on any atom is 0.433 e. The van der Waals surface area contributed by atoms with Crippen LogP contribution < -0.4 is 0 Å². The first-order valence-electron chi connectivity index (χ1n) is 8.95. The third kappa shape index (κ3) is 2.32. The molecular formula is C21H16F3N3O. The molecule has 1 aliphatic carbocycles. The fraction of sp³-hybridized carbons (Fsp3) is 0.238. The van der Waals surface area contributed by atoms with Gasteiger partial charge in [-0.25, -0.2) is 0 Å². The van der Waals surface area contributed by atoms with Gasteiger partial charge in [-0.2, -0.15) is 13.2 Å². The van der Waals surface area contributed by atoms with Crippen molar-refractivity contribution in [3.05, 3.63) is 71.8 Å². The fourth-order valence-electron chi connectivity index (χ4n) is 4.07. The second-order valence-corrected chi connectivity index (χ2v) is 7.32. The van der Waals surface area contributed by atoms with Crippen LogP contribution in [0.5, 0.6) is 0 Å². The topological polar surface area (TPSA) is 38.1 Å². The van der Waals surface area contributed by atoms with Gasteiger partial charge in [0, 0.05) is 30.6 Å². The molecule has 0 saturated heterocycles. The third-order valence-corrected chi connectivity index (χ3v) is 5.78. The van der Waals surface area contributed by atoms with Crippen LogP contribution in [-0.4, -0.2) is 27.4 Å². The summed E-state index contributed by atoms with van der Waals surface area (Å²) in [6, 6.07) is 11.8. The lowest BCUT2D eigenvalue weighted by Crippen LogP contribution is -2.36. The number of amides is 1. The number of carbonyl (C=O) groups excluding carboxylic acids is 1. The predicted molar refractivity (Wildman–Crippen MR) is 97.0 cm³/mol. The molecule has 2 aliphatic rings. The molecule has 28 heavy (non-hydrogen) atoms. The number of benzene rings is 1. The highest BCUT2D eigenvalue weighted by Gasteiger charge is 2.53. The Morgan fingerprint density at radius 3 is 2.46 bits per heavy atom. The summed E-state index contributed by atoms with van der Waals surface area (Å²) in [5.41, 5.74) is 2.65. The zero-order valence-electron chi connectivity index (χ0n) is 15.0. The van der Waals surface area contributed by atoms with Gasteiger partial charge >= 0.3 is 6.18 Å². The second-order valence-electron chi connectivity index (χ2n) is 7.32. The van der Waals surface area contributed by atoms with Crippen molar-refractivity contribution in [3.63, 3.8) is 0 Å². The molecule has 0 radical (unpaired) electrons. The predicted octanol–water partition coefficient (Wildman–Crippen LogP) is 4.63. The summed E-state index contributed by atoms with van der Waals surface area (Å²) in [6.45, 7) is 0. The first-order valence-corrected chi connectivity index (χ1v) is 8.95. The number of nitrogens with zero attached hydrogens (tertiary/aromatic N) is 3. The summed E-state index contributed by atoms with van der Waals surface area (Å²) in [5.74, 6) is -0.0311. The molecule has 7 heteroatoms. The lowest BCUT2D eigenvalue weighted by Gasteiger charge is -2.27. The smallest absolute Gasteiger partial charge is 0.331 e. The molecule has 1 spiro atoms. The Bertz CT molecular complexity index is 1090. The van der Waals surface area contributed by atoms with E-state index in [4.69, 9.17) is 0 Å². The van der Waals surface area contributed by atoms with Gasteiger partial charge in [-0.15, -0.1) is 0 Å². The molecule has 0 unspecified atom stereocenters. The average molecular weight is 383 g/mol. The standard InChI is InChI=1S/C21H16F3N3O/c1-26-19(28)16-3-2-10-27(16)17-11-13(4-6-15(17)20(26)8-9-20)14-5-7-18(25-12-14)21(22,23)24/h2-7,10-12H,8-9H2,1H3. The van der Waals surface area contributed by atoms with E-state index in [0.717, 1.165) is 35.7 Å². The Hall–Kier alpha value is -3.09. The minimum Gasteiger partial charge on any atom is -0.331 e. The van der Waals surface area contributed by atoms with Crippen LogP contribution in [0.3, 0.4) is 0 Å². The van der Waals surface area contributed by atoms with Crippen LogP contribution in [0, 0.1) is 0 Å². The highest BCUT2D eigenvalue weighted by atomic mass is 19.4. The number of hydrogen-bond donors (Lipinski definition) is 0. The molecule has 1 saturated carbocycles. The Balaban J connectivity index is 1.66. The fourth-order valence-corrected chi connectivity index (χ4v) is 4.07. The van der Waals surface area contributed by atoms with E-state index < -0.39 is 11.9 Å². The van der Waals surface area contributed by atoms with Gasteiger partial charge in [0.25, 0.3) is 5.91 Å². The van der Waals surface area contributed by atoms with Crippen LogP contribution in [0.2, 0.25) is 0 Å². The molecule has 142 valence electrons. The van der Waals surface area contributed by atoms with Gasteiger partial charge in [0.1, 0.15) is 11.4 Å². The molecular weight excluding hydrogens is 367 g/mol. The third-order valence-electron chi connectivity index (χ3n) is 5.78. The van der Waals surface area contributed by atoms with Crippen LogP contribution >= 0.6 is 0 Å². The number of hydrogen-bond acceptors (Lipinski definition) is 2. The molecule has 0 atom stereocenters. The van der Waals surface area contributed by atoms with Crippen LogP contribution in [0.1, 0.15) is 34.6 Å². The van der Waals surface area contributed by atoms with E-state index >= 15 is 0 Å². The Morgan fingerprint density at radius 1 is 1.07 bits per heavy atom. The number of halogens is 3. The largest absolute Gasteiger partial charge is 0.433 e. The molecule has 1 fully saturated rings. The Kier molecular flexibility index (Phi) is 3.33. The maximum absolute atomic E-state index is 12.9. The Morgan fingerprint density at radius 2 is 1.82 bits per heavy atom. The Labute approximate surface area is 159 Å². The number of aromatic nitrogens is 2. The van der Waals surface area contributed by atoms with Crippen molar-refractivity contribution >= 4 is 5.91 Å². The quantitative estimate of drug-likeness (QED) is 0.614. The number of fused-ring (bicyclic) bond motifs is 4. The summed E-state index contributed by atoms with van der Waals surface area (Å²) in [6.07, 6.45) is 0.413. The van der Waals surface area contributed by atoms with E-state index in [1.807, 2.05) is 47.0 Å². The van der Waals surface area contributed by atoms with Gasteiger partial charge < -0.3 is 9.47 Å². The van der Waals surface area contributed by atoms with E-state index in [0.29, 0.717) is 11.3 Å². The van der Waals surface area contributed by atoms with Gasteiger partial charge in [-0.05, 0) is 42.7 Å². The van der Waals surface area contributed by atoms with Crippen LogP contribution in [-0.2, 0) is 11.7 Å². The molecule has 0 bridgehead atoms. The van der Waals surface area contributed by atoms with Crippen molar-refractivity contribution in [2.45, 2.75) is 24.6 Å². The summed E-state index contributed by atoms with van der Waals surface area (Å²) >= 11 is 0. The van der Waals surface area contributed by atoms with Gasteiger partial charge in [0.15, 0.2) is 0 Å². The molecule has 3 aromatic rings. The van der Waals surface area contributed by atoms with Crippen molar-refractivity contribution in [1.29, 1.82) is 0 Å². The van der Waals surface area contributed by atoms with E-state index in [9.17, 15) is 18.0 Å².